The summed E-state index contributed by atoms with van der Waals surface area (Å²) in [5, 5.41) is 11.6. The summed E-state index contributed by atoms with van der Waals surface area (Å²) in [4.78, 5) is 48.3. The number of urea groups is 1. The first kappa shape index (κ1) is 23.4. The molecule has 0 spiro atoms. The highest BCUT2D eigenvalue weighted by Gasteiger charge is 2.34. The van der Waals surface area contributed by atoms with Gasteiger partial charge in [-0.05, 0) is 58.8 Å². The number of esters is 1. The van der Waals surface area contributed by atoms with Crippen LogP contribution in [0.3, 0.4) is 0 Å². The molecule has 0 bridgehead atoms. The van der Waals surface area contributed by atoms with Gasteiger partial charge in [-0.2, -0.15) is 0 Å². The molecule has 10 nitrogen and oxygen atoms in total. The van der Waals surface area contributed by atoms with Gasteiger partial charge in [0.25, 0.3) is 5.91 Å². The van der Waals surface area contributed by atoms with Gasteiger partial charge >= 0.3 is 18.0 Å². The van der Waals surface area contributed by atoms with Gasteiger partial charge < -0.3 is 24.3 Å². The Morgan fingerprint density at radius 3 is 2.69 bits per heavy atom. The van der Waals surface area contributed by atoms with E-state index in [-0.39, 0.29) is 34.5 Å². The molecule has 2 aromatic rings. The lowest BCUT2D eigenvalue weighted by Crippen LogP contribution is -2.30. The van der Waals surface area contributed by atoms with Crippen LogP contribution in [-0.4, -0.2) is 47.1 Å². The molecule has 0 unspecified atom stereocenters. The third kappa shape index (κ3) is 4.94. The predicted octanol–water partition coefficient (Wildman–Crippen LogP) is 3.43. The quantitative estimate of drug-likeness (QED) is 0.318. The molecule has 2 heterocycles. The number of hydrogen-bond acceptors (Lipinski definition) is 7. The summed E-state index contributed by atoms with van der Waals surface area (Å²) in [6.07, 6.45) is 0.280. The smallest absolute Gasteiger partial charge is 0.373 e. The maximum atomic E-state index is 12.7. The van der Waals surface area contributed by atoms with Crippen LogP contribution in [-0.2, 0) is 20.9 Å². The molecule has 1 atom stereocenters. The number of methoxy groups -OCH3 is 1. The molecule has 0 aliphatic carbocycles. The molecule has 1 aromatic heterocycles. The standard InChI is InChI=1S/C20H16BrClN2O8/c1-9(18(26)27)31-16-12(21)5-10(6-13(16)22)7-14-17(25)24(20(29)23-14)8-11-3-4-15(32-11)19(28)30-2/h3-7,9H,8H2,1-2H3,(H,23,29)(H,26,27)/b14-7-/t9-/m0/s1. The maximum Gasteiger partial charge on any atom is 0.373 e. The summed E-state index contributed by atoms with van der Waals surface area (Å²) in [5.41, 5.74) is 0.443. The fourth-order valence-electron chi connectivity index (χ4n) is 2.71. The van der Waals surface area contributed by atoms with Gasteiger partial charge in [0.05, 0.1) is 23.1 Å². The van der Waals surface area contributed by atoms with E-state index in [4.69, 9.17) is 25.9 Å². The average Bonchev–Trinajstić information content (AvgIpc) is 3.30. The van der Waals surface area contributed by atoms with Gasteiger partial charge in [0.2, 0.25) is 5.76 Å². The molecule has 3 rings (SSSR count). The summed E-state index contributed by atoms with van der Waals surface area (Å²) in [6.45, 7) is 1.17. The van der Waals surface area contributed by atoms with Crippen LogP contribution in [0.4, 0.5) is 4.79 Å². The van der Waals surface area contributed by atoms with Crippen LogP contribution in [0.25, 0.3) is 6.08 Å². The zero-order valence-corrected chi connectivity index (χ0v) is 19.0. The van der Waals surface area contributed by atoms with E-state index in [9.17, 15) is 19.2 Å². The van der Waals surface area contributed by atoms with E-state index < -0.39 is 30.0 Å². The predicted molar refractivity (Wildman–Crippen MR) is 114 cm³/mol. The highest BCUT2D eigenvalue weighted by molar-refractivity contribution is 9.10. The molecule has 0 saturated carbocycles. The Morgan fingerprint density at radius 2 is 2.06 bits per heavy atom. The minimum absolute atomic E-state index is 0.00899. The van der Waals surface area contributed by atoms with Crippen molar-refractivity contribution in [3.63, 3.8) is 0 Å². The SMILES string of the molecule is COC(=O)c1ccc(CN2C(=O)N/C(=C\c3cc(Cl)c(O[C@@H](C)C(=O)O)c(Br)c3)C2=O)o1. The van der Waals surface area contributed by atoms with Crippen molar-refractivity contribution in [1.82, 2.24) is 10.2 Å². The molecule has 1 fully saturated rings. The van der Waals surface area contributed by atoms with E-state index in [1.165, 1.54) is 38.3 Å². The monoisotopic (exact) mass is 526 g/mol. The van der Waals surface area contributed by atoms with Crippen molar-refractivity contribution in [2.75, 3.05) is 7.11 Å². The second-order valence-electron chi connectivity index (χ2n) is 6.55. The Labute approximate surface area is 194 Å². The molecule has 1 aromatic carbocycles. The fraction of sp³-hybridized carbons (Fsp3) is 0.200. The third-order valence-electron chi connectivity index (χ3n) is 4.30. The molecule has 0 radical (unpaired) electrons. The number of carboxylic acid groups (broad SMARTS) is 1. The summed E-state index contributed by atoms with van der Waals surface area (Å²) in [5.74, 6) is -2.15. The highest BCUT2D eigenvalue weighted by Crippen LogP contribution is 2.36. The molecule has 1 aliphatic rings. The van der Waals surface area contributed by atoms with E-state index in [1.807, 2.05) is 0 Å². The lowest BCUT2D eigenvalue weighted by atomic mass is 10.1. The summed E-state index contributed by atoms with van der Waals surface area (Å²) < 4.78 is 15.5. The van der Waals surface area contributed by atoms with Crippen molar-refractivity contribution in [2.24, 2.45) is 0 Å². The number of rotatable bonds is 7. The van der Waals surface area contributed by atoms with Crippen LogP contribution in [0, 0.1) is 0 Å². The largest absolute Gasteiger partial charge is 0.479 e. The molecule has 1 saturated heterocycles. The molecular formula is C20H16BrClN2O8. The second kappa shape index (κ2) is 9.45. The highest BCUT2D eigenvalue weighted by atomic mass is 79.9. The molecule has 12 heteroatoms. The topological polar surface area (TPSA) is 135 Å². The zero-order valence-electron chi connectivity index (χ0n) is 16.7. The Bertz CT molecular complexity index is 1120. The van der Waals surface area contributed by atoms with Crippen molar-refractivity contribution in [1.29, 1.82) is 0 Å². The van der Waals surface area contributed by atoms with Crippen molar-refractivity contribution in [3.05, 3.63) is 56.5 Å². The molecule has 2 N–H and O–H groups in total. The van der Waals surface area contributed by atoms with Gasteiger partial charge in [0.15, 0.2) is 11.9 Å². The van der Waals surface area contributed by atoms with E-state index in [0.29, 0.717) is 10.0 Å². The Balaban J connectivity index is 1.79. The van der Waals surface area contributed by atoms with Crippen molar-refractivity contribution in [3.8, 4) is 5.75 Å². The van der Waals surface area contributed by atoms with Crippen molar-refractivity contribution < 1.29 is 38.2 Å². The van der Waals surface area contributed by atoms with E-state index in [2.05, 4.69) is 26.0 Å². The van der Waals surface area contributed by atoms with Crippen molar-refractivity contribution in [2.45, 2.75) is 19.6 Å². The number of halogens is 2. The average molecular weight is 528 g/mol. The minimum atomic E-state index is -1.16. The van der Waals surface area contributed by atoms with Gasteiger partial charge in [-0.25, -0.2) is 14.4 Å². The molecular weight excluding hydrogens is 512 g/mol. The fourth-order valence-corrected chi connectivity index (χ4v) is 3.67. The number of hydrogen-bond donors (Lipinski definition) is 2. The summed E-state index contributed by atoms with van der Waals surface area (Å²) in [6, 6.07) is 5.19. The van der Waals surface area contributed by atoms with Crippen LogP contribution in [0.2, 0.25) is 5.02 Å². The number of nitrogens with zero attached hydrogens (tertiary/aromatic N) is 1. The Hall–Kier alpha value is -3.31. The second-order valence-corrected chi connectivity index (χ2v) is 7.81. The first-order valence-corrected chi connectivity index (χ1v) is 10.2. The van der Waals surface area contributed by atoms with E-state index in [1.54, 1.807) is 6.07 Å². The first-order chi connectivity index (χ1) is 15.1. The number of carboxylic acids is 1. The lowest BCUT2D eigenvalue weighted by Gasteiger charge is -2.14. The minimum Gasteiger partial charge on any atom is -0.479 e. The maximum absolute atomic E-state index is 12.7. The van der Waals surface area contributed by atoms with Crippen LogP contribution >= 0.6 is 27.5 Å². The van der Waals surface area contributed by atoms with Crippen LogP contribution in [0.5, 0.6) is 5.75 Å². The Kier molecular flexibility index (Phi) is 6.90. The zero-order chi connectivity index (χ0) is 23.6. The Morgan fingerprint density at radius 1 is 1.34 bits per heavy atom. The number of furan rings is 1. The molecule has 32 heavy (non-hydrogen) atoms. The van der Waals surface area contributed by atoms with Crippen LogP contribution in [0.1, 0.15) is 28.8 Å². The van der Waals surface area contributed by atoms with Gasteiger partial charge in [0.1, 0.15) is 11.5 Å². The van der Waals surface area contributed by atoms with Gasteiger partial charge in [-0.3, -0.25) is 9.69 Å². The number of ether oxygens (including phenoxy) is 2. The lowest BCUT2D eigenvalue weighted by molar-refractivity contribution is -0.144. The van der Waals surface area contributed by atoms with Crippen LogP contribution in [0.15, 0.2) is 38.9 Å². The summed E-state index contributed by atoms with van der Waals surface area (Å²) in [7, 11) is 1.20. The van der Waals surface area contributed by atoms with Crippen molar-refractivity contribution >= 4 is 57.5 Å². The molecule has 3 amide bonds. The number of aliphatic carboxylic acids is 1. The first-order valence-electron chi connectivity index (χ1n) is 9.00. The normalized spacial score (nSPS) is 15.6. The van der Waals surface area contributed by atoms with Gasteiger partial charge in [-0.1, -0.05) is 11.6 Å². The number of benzene rings is 1. The number of amides is 3. The van der Waals surface area contributed by atoms with Gasteiger partial charge in [-0.15, -0.1) is 0 Å². The number of nitrogens with one attached hydrogen (secondary N) is 1. The van der Waals surface area contributed by atoms with E-state index in [0.717, 1.165) is 4.90 Å². The molecule has 168 valence electrons. The number of carbonyl (C=O) groups excluding carboxylic acids is 3. The number of imide groups is 1. The van der Waals surface area contributed by atoms with Crippen LogP contribution < -0.4 is 10.1 Å². The third-order valence-corrected chi connectivity index (χ3v) is 5.17. The van der Waals surface area contributed by atoms with E-state index >= 15 is 0 Å². The van der Waals surface area contributed by atoms with Gasteiger partial charge in [0, 0.05) is 0 Å². The number of carbonyl (C=O) groups is 4. The summed E-state index contributed by atoms with van der Waals surface area (Å²) >= 11 is 9.46. The molecule has 1 aliphatic heterocycles.